The van der Waals surface area contributed by atoms with E-state index in [-0.39, 0.29) is 17.9 Å². The van der Waals surface area contributed by atoms with Crippen LogP contribution in [-0.2, 0) is 20.7 Å². The van der Waals surface area contributed by atoms with Crippen molar-refractivity contribution in [3.63, 3.8) is 0 Å². The Morgan fingerprint density at radius 3 is 2.55 bits per heavy atom. The van der Waals surface area contributed by atoms with E-state index in [2.05, 4.69) is 0 Å². The van der Waals surface area contributed by atoms with E-state index in [1.807, 2.05) is 16.7 Å². The molecule has 1 atom stereocenters. The lowest BCUT2D eigenvalue weighted by molar-refractivity contribution is -0.152. The van der Waals surface area contributed by atoms with Gasteiger partial charge in [-0.05, 0) is 58.8 Å². The van der Waals surface area contributed by atoms with Gasteiger partial charge in [0.15, 0.2) is 5.82 Å². The third-order valence-corrected chi connectivity index (χ3v) is 7.36. The van der Waals surface area contributed by atoms with Crippen molar-refractivity contribution in [2.75, 3.05) is 25.1 Å². The molecule has 3 heterocycles. The van der Waals surface area contributed by atoms with Crippen molar-refractivity contribution in [2.24, 2.45) is 5.92 Å². The quantitative estimate of drug-likeness (QED) is 0.714. The number of aryl methyl sites for hydroxylation is 1. The van der Waals surface area contributed by atoms with E-state index in [0.717, 1.165) is 36.5 Å². The fourth-order valence-electron chi connectivity index (χ4n) is 5.28. The smallest absolute Gasteiger partial charge is 0.254 e. The van der Waals surface area contributed by atoms with Crippen LogP contribution in [0.1, 0.15) is 88.3 Å². The molecular formula is C24H36N4O3. The third-order valence-electron chi connectivity index (χ3n) is 7.36. The lowest BCUT2D eigenvalue weighted by Gasteiger charge is -2.35. The van der Waals surface area contributed by atoms with Gasteiger partial charge in [0, 0.05) is 37.9 Å². The number of hydrogen-bond acceptors (Lipinski definition) is 5. The number of rotatable bonds is 5. The molecule has 1 saturated carbocycles. The Bertz CT molecular complexity index is 847. The number of nitrogens with zero attached hydrogens (tertiary/aromatic N) is 4. The standard InChI is InChI=1S/C24H36N4O3/c1-16-18-12-13-20(29)28(15-17-9-6-5-7-10-17)22(18)26-21(25-16)19-11-8-14-27(19)23(30)24(2,3)31-4/h17,19H,5-15H2,1-4H3. The summed E-state index contributed by atoms with van der Waals surface area (Å²) in [7, 11) is 1.57. The maximum Gasteiger partial charge on any atom is 0.254 e. The Labute approximate surface area is 185 Å². The number of anilines is 1. The first-order valence-electron chi connectivity index (χ1n) is 11.9. The highest BCUT2D eigenvalue weighted by molar-refractivity contribution is 5.95. The zero-order chi connectivity index (χ0) is 22.2. The summed E-state index contributed by atoms with van der Waals surface area (Å²) in [5.41, 5.74) is 1.15. The Morgan fingerprint density at radius 2 is 1.84 bits per heavy atom. The molecular weight excluding hydrogens is 392 g/mol. The summed E-state index contributed by atoms with van der Waals surface area (Å²) >= 11 is 0. The zero-order valence-electron chi connectivity index (χ0n) is 19.4. The second-order valence-electron chi connectivity index (χ2n) is 9.85. The van der Waals surface area contributed by atoms with Crippen LogP contribution in [0.2, 0.25) is 0 Å². The predicted octanol–water partition coefficient (Wildman–Crippen LogP) is 3.73. The van der Waals surface area contributed by atoms with Crippen LogP contribution in [0.3, 0.4) is 0 Å². The third kappa shape index (κ3) is 4.34. The molecule has 1 unspecified atom stereocenters. The molecule has 7 nitrogen and oxygen atoms in total. The zero-order valence-corrected chi connectivity index (χ0v) is 19.4. The van der Waals surface area contributed by atoms with E-state index in [0.29, 0.717) is 31.1 Å². The summed E-state index contributed by atoms with van der Waals surface area (Å²) in [5, 5.41) is 0. The minimum Gasteiger partial charge on any atom is -0.369 e. The molecule has 0 N–H and O–H groups in total. The Morgan fingerprint density at radius 1 is 1.10 bits per heavy atom. The molecule has 2 amide bonds. The van der Waals surface area contributed by atoms with E-state index in [4.69, 9.17) is 14.7 Å². The lowest BCUT2D eigenvalue weighted by atomic mass is 9.88. The average Bonchev–Trinajstić information content (AvgIpc) is 3.25. The van der Waals surface area contributed by atoms with Crippen LogP contribution < -0.4 is 4.90 Å². The number of fused-ring (bicyclic) bond motifs is 1. The topological polar surface area (TPSA) is 75.6 Å². The minimum atomic E-state index is -0.880. The molecule has 7 heteroatoms. The number of amides is 2. The van der Waals surface area contributed by atoms with E-state index in [1.165, 1.54) is 32.1 Å². The summed E-state index contributed by atoms with van der Waals surface area (Å²) < 4.78 is 5.44. The molecule has 2 aliphatic heterocycles. The van der Waals surface area contributed by atoms with Gasteiger partial charge in [-0.15, -0.1) is 0 Å². The van der Waals surface area contributed by atoms with Gasteiger partial charge < -0.3 is 9.64 Å². The molecule has 0 spiro atoms. The average molecular weight is 429 g/mol. The van der Waals surface area contributed by atoms with Crippen LogP contribution in [0, 0.1) is 12.8 Å². The van der Waals surface area contributed by atoms with Gasteiger partial charge in [0.1, 0.15) is 11.4 Å². The van der Waals surface area contributed by atoms with Crippen molar-refractivity contribution < 1.29 is 14.3 Å². The van der Waals surface area contributed by atoms with E-state index >= 15 is 0 Å². The normalized spacial score (nSPS) is 22.7. The van der Waals surface area contributed by atoms with Gasteiger partial charge >= 0.3 is 0 Å². The summed E-state index contributed by atoms with van der Waals surface area (Å²) in [6.07, 6.45) is 9.16. The number of aromatic nitrogens is 2. The van der Waals surface area contributed by atoms with Gasteiger partial charge in [0.2, 0.25) is 5.91 Å². The second-order valence-corrected chi connectivity index (χ2v) is 9.85. The first-order valence-corrected chi connectivity index (χ1v) is 11.9. The molecule has 1 aromatic rings. The van der Waals surface area contributed by atoms with Crippen LogP contribution in [0.25, 0.3) is 0 Å². The molecule has 3 aliphatic rings. The molecule has 0 bridgehead atoms. The van der Waals surface area contributed by atoms with Gasteiger partial charge in [-0.25, -0.2) is 9.97 Å². The lowest BCUT2D eigenvalue weighted by Crippen LogP contribution is -2.46. The molecule has 0 aromatic carbocycles. The van der Waals surface area contributed by atoms with E-state index in [9.17, 15) is 9.59 Å². The Kier molecular flexibility index (Phi) is 6.33. The largest absolute Gasteiger partial charge is 0.369 e. The highest BCUT2D eigenvalue weighted by atomic mass is 16.5. The fraction of sp³-hybridized carbons (Fsp3) is 0.750. The van der Waals surface area contributed by atoms with Crippen molar-refractivity contribution in [3.8, 4) is 0 Å². The van der Waals surface area contributed by atoms with Gasteiger partial charge in [-0.1, -0.05) is 19.3 Å². The molecule has 1 saturated heterocycles. The first-order chi connectivity index (χ1) is 14.8. The minimum absolute atomic E-state index is 0.0355. The number of ether oxygens (including phenoxy) is 1. The molecule has 2 fully saturated rings. The number of likely N-dealkylation sites (tertiary alicyclic amines) is 1. The molecule has 170 valence electrons. The maximum absolute atomic E-state index is 13.1. The van der Waals surface area contributed by atoms with Crippen molar-refractivity contribution >= 4 is 17.6 Å². The van der Waals surface area contributed by atoms with Crippen LogP contribution in [0.15, 0.2) is 0 Å². The Balaban J connectivity index is 1.65. The number of methoxy groups -OCH3 is 1. The number of hydrogen-bond donors (Lipinski definition) is 0. The van der Waals surface area contributed by atoms with Crippen LogP contribution in [-0.4, -0.2) is 52.5 Å². The second kappa shape index (κ2) is 8.85. The molecule has 0 radical (unpaired) electrons. The predicted molar refractivity (Wildman–Crippen MR) is 119 cm³/mol. The van der Waals surface area contributed by atoms with Crippen LogP contribution in [0.4, 0.5) is 5.82 Å². The molecule has 1 aliphatic carbocycles. The monoisotopic (exact) mass is 428 g/mol. The van der Waals surface area contributed by atoms with E-state index in [1.54, 1.807) is 21.0 Å². The summed E-state index contributed by atoms with van der Waals surface area (Å²) in [6.45, 7) is 7.05. The number of carbonyl (C=O) groups is 2. The van der Waals surface area contributed by atoms with Gasteiger partial charge in [0.25, 0.3) is 5.91 Å². The summed E-state index contributed by atoms with van der Waals surface area (Å²) in [6, 6.07) is -0.167. The molecule has 31 heavy (non-hydrogen) atoms. The van der Waals surface area contributed by atoms with Crippen molar-refractivity contribution in [1.82, 2.24) is 14.9 Å². The molecule has 4 rings (SSSR count). The molecule has 1 aromatic heterocycles. The van der Waals surface area contributed by atoms with Crippen molar-refractivity contribution in [3.05, 3.63) is 17.1 Å². The first kappa shape index (κ1) is 22.2. The van der Waals surface area contributed by atoms with Crippen LogP contribution >= 0.6 is 0 Å². The number of carbonyl (C=O) groups excluding carboxylic acids is 2. The SMILES string of the molecule is COC(C)(C)C(=O)N1CCCC1c1nc(C)c2c(n1)N(CC1CCCCC1)C(=O)CC2. The highest BCUT2D eigenvalue weighted by Crippen LogP contribution is 2.37. The van der Waals surface area contributed by atoms with Gasteiger partial charge in [-0.2, -0.15) is 0 Å². The van der Waals surface area contributed by atoms with Crippen molar-refractivity contribution in [2.45, 2.75) is 90.2 Å². The van der Waals surface area contributed by atoms with Crippen LogP contribution in [0.5, 0.6) is 0 Å². The van der Waals surface area contributed by atoms with Gasteiger partial charge in [-0.3, -0.25) is 14.5 Å². The van der Waals surface area contributed by atoms with E-state index < -0.39 is 5.60 Å². The summed E-state index contributed by atoms with van der Waals surface area (Å²) in [5.74, 6) is 2.13. The van der Waals surface area contributed by atoms with Gasteiger partial charge in [0.05, 0.1) is 6.04 Å². The Hall–Kier alpha value is -2.02. The summed E-state index contributed by atoms with van der Waals surface area (Å²) in [4.78, 5) is 39.6. The maximum atomic E-state index is 13.1. The fourth-order valence-corrected chi connectivity index (χ4v) is 5.28. The highest BCUT2D eigenvalue weighted by Gasteiger charge is 2.40. The van der Waals surface area contributed by atoms with Crippen molar-refractivity contribution in [1.29, 1.82) is 0 Å².